The number of anilines is 1. The minimum absolute atomic E-state index is 0.379. The summed E-state index contributed by atoms with van der Waals surface area (Å²) in [4.78, 5) is 4.61. The lowest BCUT2D eigenvalue weighted by Crippen LogP contribution is -2.49. The van der Waals surface area contributed by atoms with Crippen LogP contribution >= 0.6 is 11.3 Å². The molecule has 0 spiro atoms. The molecule has 0 saturated carbocycles. The molecule has 1 aliphatic rings. The zero-order valence-corrected chi connectivity index (χ0v) is 11.2. The second-order valence-electron chi connectivity index (χ2n) is 4.63. The largest absolute Gasteiger partial charge is 0.377 e. The number of hydrazine groups is 1. The fourth-order valence-electron chi connectivity index (χ4n) is 2.36. The molecule has 2 heterocycles. The van der Waals surface area contributed by atoms with E-state index in [0.717, 1.165) is 36.5 Å². The Morgan fingerprint density at radius 1 is 1.39 bits per heavy atom. The highest BCUT2D eigenvalue weighted by molar-refractivity contribution is 7.22. The molecule has 1 aliphatic heterocycles. The molecule has 4 nitrogen and oxygen atoms in total. The van der Waals surface area contributed by atoms with Crippen LogP contribution in [0.1, 0.15) is 19.3 Å². The second-order valence-corrected chi connectivity index (χ2v) is 5.64. The summed E-state index contributed by atoms with van der Waals surface area (Å²) in [6, 6.07) is 8.13. The van der Waals surface area contributed by atoms with Gasteiger partial charge in [0.2, 0.25) is 5.13 Å². The standard InChI is InChI=1S/C13H17N3OS/c1-15(16-9-5-4-8-12(16)17)13-14-10-6-2-3-7-11(10)18-13/h2-3,6-7,12,17H,4-5,8-9H2,1H3. The molecule has 0 amide bonds. The Balaban J connectivity index is 1.88. The lowest BCUT2D eigenvalue weighted by Gasteiger charge is -2.38. The van der Waals surface area contributed by atoms with Gasteiger partial charge < -0.3 is 5.11 Å². The summed E-state index contributed by atoms with van der Waals surface area (Å²) < 4.78 is 1.19. The molecule has 96 valence electrons. The van der Waals surface area contributed by atoms with Gasteiger partial charge in [0.15, 0.2) is 0 Å². The lowest BCUT2D eigenvalue weighted by molar-refractivity contribution is -0.0279. The van der Waals surface area contributed by atoms with Gasteiger partial charge in [-0.15, -0.1) is 0 Å². The number of benzene rings is 1. The molecule has 18 heavy (non-hydrogen) atoms. The van der Waals surface area contributed by atoms with E-state index < -0.39 is 0 Å². The van der Waals surface area contributed by atoms with Gasteiger partial charge in [0, 0.05) is 13.6 Å². The number of fused-ring (bicyclic) bond motifs is 1. The van der Waals surface area contributed by atoms with E-state index in [1.165, 1.54) is 4.70 Å². The van der Waals surface area contributed by atoms with Crippen molar-refractivity contribution >= 4 is 26.7 Å². The maximum absolute atomic E-state index is 10.0. The zero-order chi connectivity index (χ0) is 12.5. The Hall–Kier alpha value is -1.17. The normalized spacial score (nSPS) is 21.3. The third-order valence-electron chi connectivity index (χ3n) is 3.39. The Bertz CT molecular complexity index is 509. The summed E-state index contributed by atoms with van der Waals surface area (Å²) in [6.45, 7) is 0.896. The van der Waals surface area contributed by atoms with Gasteiger partial charge in [0.25, 0.3) is 0 Å². The first-order valence-corrected chi connectivity index (χ1v) is 7.11. The van der Waals surface area contributed by atoms with Gasteiger partial charge in [-0.1, -0.05) is 23.5 Å². The molecule has 1 fully saturated rings. The average molecular weight is 263 g/mol. The van der Waals surface area contributed by atoms with Crippen molar-refractivity contribution in [1.29, 1.82) is 0 Å². The van der Waals surface area contributed by atoms with Gasteiger partial charge >= 0.3 is 0 Å². The van der Waals surface area contributed by atoms with Crippen LogP contribution < -0.4 is 5.01 Å². The van der Waals surface area contributed by atoms with Crippen molar-refractivity contribution in [1.82, 2.24) is 9.99 Å². The minimum Gasteiger partial charge on any atom is -0.377 e. The highest BCUT2D eigenvalue weighted by Gasteiger charge is 2.25. The van der Waals surface area contributed by atoms with E-state index in [2.05, 4.69) is 11.1 Å². The fraction of sp³-hybridized carbons (Fsp3) is 0.462. The second kappa shape index (κ2) is 4.84. The van der Waals surface area contributed by atoms with Crippen LogP contribution in [0.4, 0.5) is 5.13 Å². The van der Waals surface area contributed by atoms with Crippen LogP contribution in [0.5, 0.6) is 0 Å². The van der Waals surface area contributed by atoms with Crippen molar-refractivity contribution in [3.05, 3.63) is 24.3 Å². The quantitative estimate of drug-likeness (QED) is 0.903. The van der Waals surface area contributed by atoms with Gasteiger partial charge in [0.05, 0.1) is 10.2 Å². The molecule has 5 heteroatoms. The first-order chi connectivity index (χ1) is 8.75. The van der Waals surface area contributed by atoms with Gasteiger partial charge in [-0.25, -0.2) is 4.98 Å². The summed E-state index contributed by atoms with van der Waals surface area (Å²) in [5.74, 6) is 0. The summed E-state index contributed by atoms with van der Waals surface area (Å²) >= 11 is 1.66. The van der Waals surface area contributed by atoms with Crippen molar-refractivity contribution in [3.8, 4) is 0 Å². The number of hydrogen-bond donors (Lipinski definition) is 1. The van der Waals surface area contributed by atoms with E-state index in [1.807, 2.05) is 35.3 Å². The van der Waals surface area contributed by atoms with Gasteiger partial charge in [-0.05, 0) is 31.4 Å². The molecule has 1 saturated heterocycles. The first kappa shape index (κ1) is 11.9. The fourth-order valence-corrected chi connectivity index (χ4v) is 3.30. The van der Waals surface area contributed by atoms with Crippen molar-refractivity contribution in [2.24, 2.45) is 0 Å². The number of nitrogens with zero attached hydrogens (tertiary/aromatic N) is 3. The lowest BCUT2D eigenvalue weighted by atomic mass is 10.1. The van der Waals surface area contributed by atoms with Crippen molar-refractivity contribution in [2.45, 2.75) is 25.5 Å². The topological polar surface area (TPSA) is 39.6 Å². The van der Waals surface area contributed by atoms with Crippen LogP contribution in [-0.2, 0) is 0 Å². The summed E-state index contributed by atoms with van der Waals surface area (Å²) in [5.41, 5.74) is 1.02. The maximum Gasteiger partial charge on any atom is 0.200 e. The van der Waals surface area contributed by atoms with Crippen LogP contribution in [0.25, 0.3) is 10.2 Å². The summed E-state index contributed by atoms with van der Waals surface area (Å²) in [6.07, 6.45) is 2.70. The van der Waals surface area contributed by atoms with Crippen molar-refractivity contribution in [2.75, 3.05) is 18.6 Å². The molecule has 1 unspecified atom stereocenters. The van der Waals surface area contributed by atoms with Gasteiger partial charge in [0.1, 0.15) is 6.23 Å². The highest BCUT2D eigenvalue weighted by atomic mass is 32.1. The van der Waals surface area contributed by atoms with E-state index in [9.17, 15) is 5.11 Å². The molecule has 1 aromatic carbocycles. The molecular formula is C13H17N3OS. The Kier molecular flexibility index (Phi) is 3.20. The van der Waals surface area contributed by atoms with E-state index in [4.69, 9.17) is 0 Å². The number of aliphatic hydroxyl groups is 1. The molecule has 3 rings (SSSR count). The molecule has 1 aromatic heterocycles. The predicted octanol–water partition coefficient (Wildman–Crippen LogP) is 2.45. The monoisotopic (exact) mass is 263 g/mol. The molecule has 1 N–H and O–H groups in total. The number of thiazole rings is 1. The first-order valence-electron chi connectivity index (χ1n) is 6.29. The van der Waals surface area contributed by atoms with Crippen LogP contribution in [-0.4, -0.2) is 34.9 Å². The van der Waals surface area contributed by atoms with E-state index >= 15 is 0 Å². The van der Waals surface area contributed by atoms with Crippen molar-refractivity contribution < 1.29 is 5.11 Å². The molecule has 1 atom stereocenters. The predicted molar refractivity (Wildman–Crippen MR) is 74.6 cm³/mol. The molecule has 0 bridgehead atoms. The van der Waals surface area contributed by atoms with Crippen LogP contribution in [0.3, 0.4) is 0 Å². The number of para-hydroxylation sites is 1. The maximum atomic E-state index is 10.0. The highest BCUT2D eigenvalue weighted by Crippen LogP contribution is 2.30. The molecular weight excluding hydrogens is 246 g/mol. The van der Waals surface area contributed by atoms with Crippen LogP contribution in [0, 0.1) is 0 Å². The van der Waals surface area contributed by atoms with Gasteiger partial charge in [-0.2, -0.15) is 5.01 Å². The third kappa shape index (κ3) is 2.09. The SMILES string of the molecule is CN(c1nc2ccccc2s1)N1CCCCC1O. The Morgan fingerprint density at radius 3 is 3.00 bits per heavy atom. The zero-order valence-electron chi connectivity index (χ0n) is 10.4. The number of rotatable bonds is 2. The van der Waals surface area contributed by atoms with Crippen LogP contribution in [0.15, 0.2) is 24.3 Å². The Morgan fingerprint density at radius 2 is 2.22 bits per heavy atom. The number of aromatic nitrogens is 1. The van der Waals surface area contributed by atoms with E-state index in [-0.39, 0.29) is 6.23 Å². The van der Waals surface area contributed by atoms with Crippen molar-refractivity contribution in [3.63, 3.8) is 0 Å². The average Bonchev–Trinajstić information content (AvgIpc) is 2.82. The number of piperidine rings is 1. The smallest absolute Gasteiger partial charge is 0.200 e. The van der Waals surface area contributed by atoms with E-state index in [0.29, 0.717) is 0 Å². The van der Waals surface area contributed by atoms with E-state index in [1.54, 1.807) is 11.3 Å². The van der Waals surface area contributed by atoms with Gasteiger partial charge in [-0.3, -0.25) is 5.01 Å². The van der Waals surface area contributed by atoms with Crippen LogP contribution in [0.2, 0.25) is 0 Å². The molecule has 2 aromatic rings. The third-order valence-corrected chi connectivity index (χ3v) is 4.49. The molecule has 0 aliphatic carbocycles. The summed E-state index contributed by atoms with van der Waals surface area (Å²) in [7, 11) is 1.98. The molecule has 0 radical (unpaired) electrons. The summed E-state index contributed by atoms with van der Waals surface area (Å²) in [5, 5.41) is 15.0. The Labute approximate surface area is 110 Å². The minimum atomic E-state index is -0.379. The number of aliphatic hydroxyl groups excluding tert-OH is 1. The number of hydrogen-bond acceptors (Lipinski definition) is 5.